The molecule has 0 amide bonds. The quantitative estimate of drug-likeness (QED) is 0.365. The maximum atomic E-state index is 9.66. The van der Waals surface area contributed by atoms with Crippen molar-refractivity contribution in [3.8, 4) is 0 Å². The lowest BCUT2D eigenvalue weighted by molar-refractivity contribution is -0.870. The number of quaternary nitrogens is 1. The summed E-state index contributed by atoms with van der Waals surface area (Å²) in [5.41, 5.74) is 0. The molecule has 0 heterocycles. The zero-order valence-corrected chi connectivity index (χ0v) is 16.6. The van der Waals surface area contributed by atoms with E-state index >= 15 is 0 Å². The van der Waals surface area contributed by atoms with Gasteiger partial charge in [-0.3, -0.25) is 4.79 Å². The fraction of sp³-hybridized carbons (Fsp3) is 0.895. The van der Waals surface area contributed by atoms with E-state index in [0.717, 1.165) is 4.48 Å². The molecule has 2 N–H and O–H groups in total. The van der Waals surface area contributed by atoms with Crippen molar-refractivity contribution in [2.75, 3.05) is 27.7 Å². The summed E-state index contributed by atoms with van der Waals surface area (Å²) in [6.07, 6.45) is 11.7. The third-order valence-corrected chi connectivity index (χ3v) is 3.82. The Labute approximate surface area is 153 Å². The fourth-order valence-electron chi connectivity index (χ4n) is 2.32. The van der Waals surface area contributed by atoms with Gasteiger partial charge in [0, 0.05) is 0 Å². The van der Waals surface area contributed by atoms with Gasteiger partial charge in [-0.15, -0.1) is 0 Å². The van der Waals surface area contributed by atoms with E-state index in [2.05, 4.69) is 28.1 Å². The molecule has 0 aromatic heterocycles. The molecule has 0 spiro atoms. The summed E-state index contributed by atoms with van der Waals surface area (Å²) in [5.74, 6) is -3.14. The molecule has 1 unspecified atom stereocenters. The van der Waals surface area contributed by atoms with Crippen LogP contribution in [0.15, 0.2) is 0 Å². The van der Waals surface area contributed by atoms with Crippen molar-refractivity contribution in [3.63, 3.8) is 0 Å². The van der Waals surface area contributed by atoms with Gasteiger partial charge < -0.3 is 24.6 Å². The van der Waals surface area contributed by atoms with Gasteiger partial charge in [0.15, 0.2) is 0 Å². The van der Waals surface area contributed by atoms with Crippen LogP contribution < -0.4 is 5.11 Å². The highest BCUT2D eigenvalue weighted by molar-refractivity contribution is 5.77. The van der Waals surface area contributed by atoms with Gasteiger partial charge in [0.25, 0.3) is 0 Å². The first-order chi connectivity index (χ1) is 11.6. The molecule has 150 valence electrons. The maximum Gasteiger partial charge on any atom is 0.306 e. The molecule has 0 radical (unpaired) electrons. The summed E-state index contributed by atoms with van der Waals surface area (Å²) in [4.78, 5) is 19.3. The van der Waals surface area contributed by atoms with E-state index in [0.29, 0.717) is 0 Å². The Morgan fingerprint density at radius 3 is 1.56 bits per heavy atom. The fourth-order valence-corrected chi connectivity index (χ4v) is 2.32. The van der Waals surface area contributed by atoms with E-state index in [1.165, 1.54) is 70.8 Å². The highest BCUT2D eigenvalue weighted by Crippen LogP contribution is 2.10. The minimum atomic E-state index is -1.90. The van der Waals surface area contributed by atoms with E-state index < -0.39 is 24.5 Å². The Morgan fingerprint density at radius 1 is 0.880 bits per heavy atom. The summed E-state index contributed by atoms with van der Waals surface area (Å²) in [7, 11) is 6.86. The minimum absolute atomic E-state index is 0.817. The van der Waals surface area contributed by atoms with Crippen molar-refractivity contribution < 1.29 is 29.4 Å². The zero-order chi connectivity index (χ0) is 19.7. The van der Waals surface area contributed by atoms with E-state index in [4.69, 9.17) is 10.2 Å². The number of unbranched alkanes of at least 4 members (excludes halogenated alkanes) is 9. The smallest absolute Gasteiger partial charge is 0.306 e. The second-order valence-electron chi connectivity index (χ2n) is 7.63. The van der Waals surface area contributed by atoms with Crippen molar-refractivity contribution >= 4 is 11.9 Å². The number of hydrogen-bond donors (Lipinski definition) is 2. The van der Waals surface area contributed by atoms with Gasteiger partial charge in [-0.2, -0.15) is 0 Å². The van der Waals surface area contributed by atoms with Crippen LogP contribution in [0.3, 0.4) is 0 Å². The molecule has 0 aliphatic carbocycles. The topological polar surface area (TPSA) is 97.7 Å². The van der Waals surface area contributed by atoms with Gasteiger partial charge >= 0.3 is 5.97 Å². The number of rotatable bonds is 14. The molecule has 6 heteroatoms. The zero-order valence-electron chi connectivity index (χ0n) is 16.6. The molecule has 6 nitrogen and oxygen atoms in total. The summed E-state index contributed by atoms with van der Waals surface area (Å²) < 4.78 is 1.12. The second-order valence-corrected chi connectivity index (χ2v) is 7.63. The molecule has 0 rings (SSSR count). The maximum absolute atomic E-state index is 9.66. The monoisotopic (exact) mass is 361 g/mol. The predicted molar refractivity (Wildman–Crippen MR) is 98.0 cm³/mol. The van der Waals surface area contributed by atoms with E-state index in [1.807, 2.05) is 0 Å². The highest BCUT2D eigenvalue weighted by atomic mass is 16.4. The molecule has 0 saturated carbocycles. The van der Waals surface area contributed by atoms with Gasteiger partial charge in [0.2, 0.25) is 0 Å². The molecular weight excluding hydrogens is 322 g/mol. The van der Waals surface area contributed by atoms with Crippen LogP contribution in [0.5, 0.6) is 0 Å². The average Bonchev–Trinajstić information content (AvgIpc) is 2.48. The lowest BCUT2D eigenvalue weighted by atomic mass is 10.1. The number of carbonyl (C=O) groups excluding carboxylic acids is 1. The van der Waals surface area contributed by atoms with Gasteiger partial charge in [0.1, 0.15) is 6.10 Å². The van der Waals surface area contributed by atoms with Crippen LogP contribution in [0.2, 0.25) is 0 Å². The SMILES string of the molecule is CCCCCCCCCCCC[N+](C)(C)C.O=C(O)CC(O)C(=O)[O-]. The van der Waals surface area contributed by atoms with Crippen molar-refractivity contribution in [2.24, 2.45) is 0 Å². The molecule has 0 aliphatic rings. The summed E-state index contributed by atoms with van der Waals surface area (Å²) in [5, 5.41) is 25.7. The Kier molecular flexibility index (Phi) is 17.0. The summed E-state index contributed by atoms with van der Waals surface area (Å²) in [6, 6.07) is 0. The number of carboxylic acid groups (broad SMARTS) is 2. The molecule has 0 saturated heterocycles. The van der Waals surface area contributed by atoms with Crippen LogP contribution in [0, 0.1) is 0 Å². The first-order valence-electron chi connectivity index (χ1n) is 9.51. The van der Waals surface area contributed by atoms with Crippen LogP contribution >= 0.6 is 0 Å². The lowest BCUT2D eigenvalue weighted by Gasteiger charge is -2.23. The van der Waals surface area contributed by atoms with Gasteiger partial charge in [-0.25, -0.2) is 0 Å². The number of carboxylic acids is 2. The van der Waals surface area contributed by atoms with Crippen LogP contribution in [0.25, 0.3) is 0 Å². The van der Waals surface area contributed by atoms with E-state index in [1.54, 1.807) is 0 Å². The van der Waals surface area contributed by atoms with Crippen LogP contribution in [0.4, 0.5) is 0 Å². The third-order valence-electron chi connectivity index (χ3n) is 3.82. The lowest BCUT2D eigenvalue weighted by Crippen LogP contribution is -2.36. The number of nitrogens with zero attached hydrogens (tertiary/aromatic N) is 1. The van der Waals surface area contributed by atoms with Crippen molar-refractivity contribution in [1.29, 1.82) is 0 Å². The van der Waals surface area contributed by atoms with Gasteiger partial charge in [-0.1, -0.05) is 58.3 Å². The van der Waals surface area contributed by atoms with E-state index in [-0.39, 0.29) is 0 Å². The number of aliphatic hydroxyl groups excluding tert-OH is 1. The van der Waals surface area contributed by atoms with Crippen molar-refractivity contribution in [3.05, 3.63) is 0 Å². The van der Waals surface area contributed by atoms with Crippen LogP contribution in [0.1, 0.15) is 77.6 Å². The number of aliphatic carboxylic acids is 2. The molecule has 0 aromatic rings. The second kappa shape index (κ2) is 16.3. The predicted octanol–water partition coefficient (Wildman–Crippen LogP) is 2.19. The standard InChI is InChI=1S/C15H34N.C4H6O5/c1-5-6-7-8-9-10-11-12-13-14-15-16(2,3)4;5-2(4(8)9)1-3(6)7/h5-15H2,1-4H3;2,5H,1H2,(H,6,7)(H,8,9)/q+1;/p-1. The van der Waals surface area contributed by atoms with Gasteiger partial charge in [-0.05, 0) is 12.8 Å². The Bertz CT molecular complexity index is 339. The molecule has 1 atom stereocenters. The molecule has 0 fully saturated rings. The summed E-state index contributed by atoms with van der Waals surface area (Å²) in [6.45, 7) is 3.62. The molecule has 0 bridgehead atoms. The summed E-state index contributed by atoms with van der Waals surface area (Å²) >= 11 is 0. The molecule has 25 heavy (non-hydrogen) atoms. The Hall–Kier alpha value is -1.14. The van der Waals surface area contributed by atoms with Crippen LogP contribution in [-0.4, -0.2) is 60.4 Å². The number of aliphatic hydroxyl groups is 1. The third kappa shape index (κ3) is 25.2. The van der Waals surface area contributed by atoms with Crippen molar-refractivity contribution in [2.45, 2.75) is 83.7 Å². The first kappa shape index (κ1) is 26.1. The van der Waals surface area contributed by atoms with Gasteiger partial charge in [0.05, 0.1) is 40.1 Å². The Balaban J connectivity index is 0. The molecule has 0 aliphatic heterocycles. The molecular formula is C19H39NO5. The number of carbonyl (C=O) groups is 2. The van der Waals surface area contributed by atoms with Crippen LogP contribution in [-0.2, 0) is 9.59 Å². The number of hydrogen-bond acceptors (Lipinski definition) is 4. The highest BCUT2D eigenvalue weighted by Gasteiger charge is 2.08. The minimum Gasteiger partial charge on any atom is -0.547 e. The average molecular weight is 362 g/mol. The Morgan fingerprint density at radius 2 is 1.28 bits per heavy atom. The largest absolute Gasteiger partial charge is 0.547 e. The van der Waals surface area contributed by atoms with Crippen molar-refractivity contribution in [1.82, 2.24) is 0 Å². The first-order valence-corrected chi connectivity index (χ1v) is 9.51. The normalized spacial score (nSPS) is 12.2. The molecule has 0 aromatic carbocycles. The van der Waals surface area contributed by atoms with E-state index in [9.17, 15) is 14.7 Å².